The number of carbonyl (C=O) groups is 3. The Hall–Kier alpha value is -4.29. The molecule has 7 heteroatoms. The molecule has 0 atom stereocenters. The van der Waals surface area contributed by atoms with Crippen LogP contribution >= 0.6 is 11.6 Å². The fraction of sp³-hybridized carbons (Fsp3) is 0.0357. The molecule has 1 aliphatic rings. The summed E-state index contributed by atoms with van der Waals surface area (Å²) in [5, 5.41) is 4.43. The van der Waals surface area contributed by atoms with Crippen LogP contribution in [0.5, 0.6) is 0 Å². The quantitative estimate of drug-likeness (QED) is 0.290. The minimum Gasteiger partial charge on any atom is -0.273 e. The van der Waals surface area contributed by atoms with Gasteiger partial charge in [-0.25, -0.2) is 14.1 Å². The monoisotopic (exact) mass is 484 g/mol. The van der Waals surface area contributed by atoms with Gasteiger partial charge in [0.1, 0.15) is 11.4 Å². The molecule has 0 bridgehead atoms. The summed E-state index contributed by atoms with van der Waals surface area (Å²) < 4.78 is 13.8. The maximum atomic E-state index is 13.8. The van der Waals surface area contributed by atoms with Crippen molar-refractivity contribution in [3.05, 3.63) is 118 Å². The zero-order chi connectivity index (χ0) is 24.5. The van der Waals surface area contributed by atoms with Gasteiger partial charge in [0.05, 0.1) is 5.69 Å². The van der Waals surface area contributed by atoms with Crippen LogP contribution in [0.25, 0.3) is 16.8 Å². The number of urea groups is 1. The number of hydrogen-bond donors (Lipinski definition) is 1. The molecule has 4 aromatic rings. The van der Waals surface area contributed by atoms with Crippen LogP contribution in [0, 0.1) is 5.82 Å². The lowest BCUT2D eigenvalue weighted by Crippen LogP contribution is -2.54. The van der Waals surface area contributed by atoms with Crippen molar-refractivity contribution in [2.75, 3.05) is 4.90 Å². The molecule has 0 saturated carbocycles. The normalized spacial score (nSPS) is 15.1. The van der Waals surface area contributed by atoms with Crippen molar-refractivity contribution in [3.63, 3.8) is 0 Å². The summed E-state index contributed by atoms with van der Waals surface area (Å²) in [5.74, 6) is -1.87. The molecule has 0 unspecified atom stereocenters. The second kappa shape index (κ2) is 9.16. The van der Waals surface area contributed by atoms with Crippen LogP contribution in [0.15, 0.2) is 90.5 Å². The largest absolute Gasteiger partial charge is 0.335 e. The number of nitrogens with zero attached hydrogens (tertiary/aromatic N) is 1. The van der Waals surface area contributed by atoms with E-state index in [0.717, 1.165) is 26.8 Å². The van der Waals surface area contributed by atoms with E-state index in [4.69, 9.17) is 11.6 Å². The SMILES string of the molecule is O=C1NC(=O)N(c2ccc(Cl)cc2)C(=O)/C1=C/c1c(Cc2cccc(F)c2)ccc2ccccc12. The van der Waals surface area contributed by atoms with Gasteiger partial charge in [-0.15, -0.1) is 0 Å². The predicted molar refractivity (Wildman–Crippen MR) is 134 cm³/mol. The van der Waals surface area contributed by atoms with Crippen molar-refractivity contribution in [3.8, 4) is 0 Å². The van der Waals surface area contributed by atoms with Crippen LogP contribution in [0.2, 0.25) is 5.02 Å². The van der Waals surface area contributed by atoms with Crippen molar-refractivity contribution in [1.29, 1.82) is 0 Å². The first kappa shape index (κ1) is 22.5. The smallest absolute Gasteiger partial charge is 0.273 e. The minimum absolute atomic E-state index is 0.184. The van der Waals surface area contributed by atoms with E-state index in [0.29, 0.717) is 17.0 Å². The Kier molecular flexibility index (Phi) is 5.89. The van der Waals surface area contributed by atoms with Gasteiger partial charge in [0.2, 0.25) is 0 Å². The van der Waals surface area contributed by atoms with Gasteiger partial charge >= 0.3 is 6.03 Å². The Balaban J connectivity index is 1.64. The summed E-state index contributed by atoms with van der Waals surface area (Å²) in [4.78, 5) is 39.6. The van der Waals surface area contributed by atoms with Crippen LogP contribution < -0.4 is 10.2 Å². The number of anilines is 1. The van der Waals surface area contributed by atoms with Gasteiger partial charge in [-0.3, -0.25) is 14.9 Å². The molecule has 1 saturated heterocycles. The van der Waals surface area contributed by atoms with E-state index in [1.807, 2.05) is 42.5 Å². The summed E-state index contributed by atoms with van der Waals surface area (Å²) in [6, 6.07) is 23.0. The first-order chi connectivity index (χ1) is 16.9. The number of barbiturate groups is 1. The van der Waals surface area contributed by atoms with E-state index in [-0.39, 0.29) is 17.1 Å². The standard InChI is InChI=1S/C28H18ClFN2O3/c29-20-10-12-22(13-11-20)32-27(34)25(26(33)31-28(32)35)16-24-19(14-17-4-3-6-21(30)15-17)9-8-18-5-1-2-7-23(18)24/h1-13,15-16H,14H2,(H,31,33,35)/b25-16+. The fourth-order valence-corrected chi connectivity index (χ4v) is 4.28. The third kappa shape index (κ3) is 4.44. The molecule has 1 fully saturated rings. The van der Waals surface area contributed by atoms with E-state index < -0.39 is 17.8 Å². The number of rotatable bonds is 4. The van der Waals surface area contributed by atoms with E-state index in [1.54, 1.807) is 18.2 Å². The van der Waals surface area contributed by atoms with E-state index in [9.17, 15) is 18.8 Å². The second-order valence-corrected chi connectivity index (χ2v) is 8.54. The zero-order valence-corrected chi connectivity index (χ0v) is 19.1. The lowest BCUT2D eigenvalue weighted by atomic mass is 9.92. The summed E-state index contributed by atoms with van der Waals surface area (Å²) in [6.07, 6.45) is 1.89. The molecule has 1 heterocycles. The minimum atomic E-state index is -0.836. The summed E-state index contributed by atoms with van der Waals surface area (Å²) in [7, 11) is 0. The number of amides is 4. The number of nitrogens with one attached hydrogen (secondary N) is 1. The second-order valence-electron chi connectivity index (χ2n) is 8.10. The van der Waals surface area contributed by atoms with Gasteiger partial charge in [-0.2, -0.15) is 0 Å². The molecule has 172 valence electrons. The maximum absolute atomic E-state index is 13.8. The van der Waals surface area contributed by atoms with Gasteiger partial charge in [-0.1, -0.05) is 60.1 Å². The lowest BCUT2D eigenvalue weighted by molar-refractivity contribution is -0.122. The molecule has 5 nitrogen and oxygen atoms in total. The van der Waals surface area contributed by atoms with Crippen LogP contribution in [-0.2, 0) is 16.0 Å². The fourth-order valence-electron chi connectivity index (χ4n) is 4.16. The number of imide groups is 2. The van der Waals surface area contributed by atoms with Gasteiger partial charge in [0.25, 0.3) is 11.8 Å². The highest BCUT2D eigenvalue weighted by atomic mass is 35.5. The summed E-state index contributed by atoms with van der Waals surface area (Å²) in [5.41, 5.74) is 2.30. The van der Waals surface area contributed by atoms with Crippen LogP contribution in [0.3, 0.4) is 0 Å². The molecule has 1 N–H and O–H groups in total. The molecular weight excluding hydrogens is 467 g/mol. The van der Waals surface area contributed by atoms with Crippen molar-refractivity contribution in [2.45, 2.75) is 6.42 Å². The van der Waals surface area contributed by atoms with Crippen LogP contribution in [-0.4, -0.2) is 17.8 Å². The highest BCUT2D eigenvalue weighted by Gasteiger charge is 2.37. The Morgan fingerprint density at radius 2 is 1.66 bits per heavy atom. The molecule has 0 aromatic heterocycles. The summed E-state index contributed by atoms with van der Waals surface area (Å²) in [6.45, 7) is 0. The maximum Gasteiger partial charge on any atom is 0.335 e. The first-order valence-electron chi connectivity index (χ1n) is 10.8. The van der Waals surface area contributed by atoms with Crippen molar-refractivity contribution in [1.82, 2.24) is 5.32 Å². The Labute approximate surface area is 205 Å². The number of halogens is 2. The Bertz CT molecular complexity index is 1530. The molecule has 4 aromatic carbocycles. The molecule has 0 aliphatic carbocycles. The number of benzene rings is 4. The van der Waals surface area contributed by atoms with Gasteiger partial charge in [-0.05, 0) is 76.4 Å². The molecule has 1 aliphatic heterocycles. The lowest BCUT2D eigenvalue weighted by Gasteiger charge is -2.26. The number of fused-ring (bicyclic) bond motifs is 1. The van der Waals surface area contributed by atoms with E-state index in [2.05, 4.69) is 5.32 Å². The van der Waals surface area contributed by atoms with Crippen LogP contribution in [0.1, 0.15) is 16.7 Å². The average molecular weight is 485 g/mol. The van der Waals surface area contributed by atoms with Gasteiger partial charge in [0, 0.05) is 5.02 Å². The Morgan fingerprint density at radius 3 is 2.43 bits per heavy atom. The summed E-state index contributed by atoms with van der Waals surface area (Å²) >= 11 is 5.94. The molecule has 0 radical (unpaired) electrons. The van der Waals surface area contributed by atoms with Crippen molar-refractivity contribution in [2.24, 2.45) is 0 Å². The molecule has 5 rings (SSSR count). The molecular formula is C28H18ClFN2O3. The van der Waals surface area contributed by atoms with Crippen molar-refractivity contribution < 1.29 is 18.8 Å². The van der Waals surface area contributed by atoms with Crippen LogP contribution in [0.4, 0.5) is 14.9 Å². The highest BCUT2D eigenvalue weighted by molar-refractivity contribution is 6.39. The van der Waals surface area contributed by atoms with E-state index >= 15 is 0 Å². The topological polar surface area (TPSA) is 66.5 Å². The molecule has 4 amide bonds. The van der Waals surface area contributed by atoms with E-state index in [1.165, 1.54) is 30.3 Å². The average Bonchev–Trinajstić information content (AvgIpc) is 2.84. The van der Waals surface area contributed by atoms with Crippen molar-refractivity contribution >= 4 is 52.0 Å². The van der Waals surface area contributed by atoms with Gasteiger partial charge in [0.15, 0.2) is 0 Å². The first-order valence-corrected chi connectivity index (χ1v) is 11.2. The highest BCUT2D eigenvalue weighted by Crippen LogP contribution is 2.29. The third-order valence-electron chi connectivity index (χ3n) is 5.82. The predicted octanol–water partition coefficient (Wildman–Crippen LogP) is 5.89. The molecule has 0 spiro atoms. The van der Waals surface area contributed by atoms with Gasteiger partial charge < -0.3 is 0 Å². The third-order valence-corrected chi connectivity index (χ3v) is 6.07. The zero-order valence-electron chi connectivity index (χ0n) is 18.3. The number of hydrogen-bond acceptors (Lipinski definition) is 3. The number of carbonyl (C=O) groups excluding carboxylic acids is 3. The Morgan fingerprint density at radius 1 is 0.886 bits per heavy atom. The molecule has 35 heavy (non-hydrogen) atoms.